The van der Waals surface area contributed by atoms with Crippen molar-refractivity contribution in [2.75, 3.05) is 11.1 Å². The Morgan fingerprint density at radius 2 is 1.89 bits per heavy atom. The molecule has 2 saturated carbocycles. The molecule has 0 bridgehead atoms. The van der Waals surface area contributed by atoms with E-state index in [0.29, 0.717) is 17.2 Å². The molecule has 0 aromatic carbocycles. The third kappa shape index (κ3) is 5.60. The van der Waals surface area contributed by atoms with Crippen molar-refractivity contribution in [1.29, 1.82) is 0 Å². The van der Waals surface area contributed by atoms with Crippen molar-refractivity contribution in [3.8, 4) is 0 Å². The van der Waals surface area contributed by atoms with Gasteiger partial charge in [-0.3, -0.25) is 10.1 Å². The first-order chi connectivity index (χ1) is 13.1. The van der Waals surface area contributed by atoms with Crippen molar-refractivity contribution < 1.29 is 14.7 Å². The van der Waals surface area contributed by atoms with Crippen molar-refractivity contribution in [3.63, 3.8) is 0 Å². The normalized spacial score (nSPS) is 23.3. The Labute approximate surface area is 169 Å². The number of thioether (sulfide) groups is 1. The molecule has 8 heteroatoms. The maximum atomic E-state index is 13.1. The molecule has 0 unspecified atom stereocenters. The van der Waals surface area contributed by atoms with Gasteiger partial charge in [0.05, 0.1) is 16.2 Å². The molecule has 3 rings (SSSR count). The van der Waals surface area contributed by atoms with Gasteiger partial charge in [-0.25, -0.2) is 9.78 Å². The standard InChI is InChI=1S/C19H29N3O3S2/c1-2-13-7-9-15(10-8-13)22(14-5-3-4-6-14)19(25)21-18-20-11-17(27-18)26-12-16(23)24/h11,13-15H,2-10,12H2,1H3,(H,23,24)(H,20,21,25). The van der Waals surface area contributed by atoms with E-state index in [4.69, 9.17) is 5.11 Å². The van der Waals surface area contributed by atoms with Crippen LogP contribution in [0.15, 0.2) is 10.4 Å². The highest BCUT2D eigenvalue weighted by Gasteiger charge is 2.35. The highest BCUT2D eigenvalue weighted by Crippen LogP contribution is 2.35. The van der Waals surface area contributed by atoms with Gasteiger partial charge < -0.3 is 10.0 Å². The number of hydrogen-bond acceptors (Lipinski definition) is 5. The van der Waals surface area contributed by atoms with Crippen LogP contribution in [0.3, 0.4) is 0 Å². The molecule has 2 fully saturated rings. The number of aliphatic carboxylic acids is 1. The largest absolute Gasteiger partial charge is 0.481 e. The number of hydrogen-bond donors (Lipinski definition) is 2. The average molecular weight is 412 g/mol. The number of urea groups is 1. The fourth-order valence-corrected chi connectivity index (χ4v) is 5.90. The first-order valence-electron chi connectivity index (χ1n) is 9.96. The Bertz CT molecular complexity index is 638. The number of nitrogens with zero attached hydrogens (tertiary/aromatic N) is 2. The number of carboxylic acids is 1. The van der Waals surface area contributed by atoms with Crippen LogP contribution < -0.4 is 5.32 Å². The van der Waals surface area contributed by atoms with Gasteiger partial charge in [0.2, 0.25) is 0 Å². The van der Waals surface area contributed by atoms with E-state index in [1.165, 1.54) is 55.2 Å². The molecule has 6 nitrogen and oxygen atoms in total. The van der Waals surface area contributed by atoms with Gasteiger partial charge >= 0.3 is 12.0 Å². The molecular formula is C19H29N3O3S2. The average Bonchev–Trinajstić information content (AvgIpc) is 3.33. The molecule has 0 atom stereocenters. The number of aromatic nitrogens is 1. The molecule has 2 amide bonds. The number of thiazole rings is 1. The molecule has 0 saturated heterocycles. The summed E-state index contributed by atoms with van der Waals surface area (Å²) in [5, 5.41) is 12.3. The van der Waals surface area contributed by atoms with Crippen molar-refractivity contribution in [1.82, 2.24) is 9.88 Å². The second-order valence-electron chi connectivity index (χ2n) is 7.53. The summed E-state index contributed by atoms with van der Waals surface area (Å²) in [5.74, 6) is -0.0404. The van der Waals surface area contributed by atoms with Crippen molar-refractivity contribution in [2.45, 2.75) is 81.0 Å². The predicted molar refractivity (Wildman–Crippen MR) is 110 cm³/mol. The van der Waals surface area contributed by atoms with Crippen LogP contribution in [-0.2, 0) is 4.79 Å². The summed E-state index contributed by atoms with van der Waals surface area (Å²) in [5.41, 5.74) is 0. The van der Waals surface area contributed by atoms with Crippen LogP contribution in [-0.4, -0.2) is 44.8 Å². The lowest BCUT2D eigenvalue weighted by atomic mass is 9.83. The summed E-state index contributed by atoms with van der Waals surface area (Å²) in [6, 6.07) is 0.636. The Balaban J connectivity index is 1.63. The second kappa shape index (κ2) is 9.78. The Kier molecular flexibility index (Phi) is 7.41. The molecule has 0 aliphatic heterocycles. The van der Waals surface area contributed by atoms with Crippen LogP contribution in [0.5, 0.6) is 0 Å². The zero-order valence-corrected chi connectivity index (χ0v) is 17.5. The van der Waals surface area contributed by atoms with Gasteiger partial charge in [-0.2, -0.15) is 0 Å². The van der Waals surface area contributed by atoms with E-state index in [1.54, 1.807) is 6.20 Å². The molecule has 2 aliphatic carbocycles. The third-order valence-electron chi connectivity index (χ3n) is 5.78. The third-order valence-corrected chi connectivity index (χ3v) is 7.87. The highest BCUT2D eigenvalue weighted by molar-refractivity contribution is 8.01. The van der Waals surface area contributed by atoms with Gasteiger partial charge in [0.1, 0.15) is 0 Å². The smallest absolute Gasteiger partial charge is 0.324 e. The van der Waals surface area contributed by atoms with E-state index in [1.807, 2.05) is 0 Å². The maximum Gasteiger partial charge on any atom is 0.324 e. The molecule has 2 aliphatic rings. The predicted octanol–water partition coefficient (Wildman–Crippen LogP) is 5.07. The number of carboxylic acid groups (broad SMARTS) is 1. The molecule has 150 valence electrons. The number of amides is 2. The van der Waals surface area contributed by atoms with Gasteiger partial charge in [-0.05, 0) is 44.4 Å². The number of carbonyl (C=O) groups excluding carboxylic acids is 1. The monoisotopic (exact) mass is 411 g/mol. The van der Waals surface area contributed by atoms with Crippen molar-refractivity contribution in [3.05, 3.63) is 6.20 Å². The summed E-state index contributed by atoms with van der Waals surface area (Å²) >= 11 is 2.58. The van der Waals surface area contributed by atoms with E-state index < -0.39 is 5.97 Å². The molecule has 1 aromatic rings. The number of anilines is 1. The topological polar surface area (TPSA) is 82.5 Å². The maximum absolute atomic E-state index is 13.1. The van der Waals surface area contributed by atoms with Crippen LogP contribution in [0.25, 0.3) is 0 Å². The molecule has 1 aromatic heterocycles. The van der Waals surface area contributed by atoms with E-state index >= 15 is 0 Å². The quantitative estimate of drug-likeness (QED) is 0.613. The summed E-state index contributed by atoms with van der Waals surface area (Å²) in [7, 11) is 0. The minimum absolute atomic E-state index is 0.00441. The molecular weight excluding hydrogens is 382 g/mol. The van der Waals surface area contributed by atoms with Crippen LogP contribution in [0.2, 0.25) is 0 Å². The molecule has 1 heterocycles. The SMILES string of the molecule is CCC1CCC(N(C(=O)Nc2ncc(SCC(=O)O)s2)C2CCCC2)CC1. The van der Waals surface area contributed by atoms with E-state index in [2.05, 4.69) is 22.1 Å². The van der Waals surface area contributed by atoms with Crippen molar-refractivity contribution >= 4 is 40.2 Å². The first kappa shape index (κ1) is 20.5. The van der Waals surface area contributed by atoms with Crippen LogP contribution >= 0.6 is 23.1 Å². The van der Waals surface area contributed by atoms with Crippen LogP contribution in [0, 0.1) is 5.92 Å². The number of nitrogens with one attached hydrogen (secondary N) is 1. The summed E-state index contributed by atoms with van der Waals surface area (Å²) in [6.45, 7) is 2.26. The Morgan fingerprint density at radius 1 is 1.22 bits per heavy atom. The summed E-state index contributed by atoms with van der Waals surface area (Å²) in [4.78, 5) is 30.2. The van der Waals surface area contributed by atoms with Gasteiger partial charge in [-0.15, -0.1) is 11.8 Å². The van der Waals surface area contributed by atoms with Gasteiger partial charge in [0.15, 0.2) is 5.13 Å². The minimum atomic E-state index is -0.853. The first-order valence-corrected chi connectivity index (χ1v) is 11.8. The fraction of sp³-hybridized carbons (Fsp3) is 0.737. The van der Waals surface area contributed by atoms with Crippen LogP contribution in [0.4, 0.5) is 9.93 Å². The minimum Gasteiger partial charge on any atom is -0.481 e. The Morgan fingerprint density at radius 3 is 2.52 bits per heavy atom. The highest BCUT2D eigenvalue weighted by atomic mass is 32.2. The second-order valence-corrected chi connectivity index (χ2v) is 9.83. The lowest BCUT2D eigenvalue weighted by molar-refractivity contribution is -0.133. The van der Waals surface area contributed by atoms with E-state index in [9.17, 15) is 9.59 Å². The summed E-state index contributed by atoms with van der Waals surface area (Å²) in [6.07, 6.45) is 12.1. The zero-order valence-electron chi connectivity index (χ0n) is 15.9. The van der Waals surface area contributed by atoms with Crippen LogP contribution in [0.1, 0.15) is 64.7 Å². The Hall–Kier alpha value is -1.28. The van der Waals surface area contributed by atoms with Gasteiger partial charge in [-0.1, -0.05) is 37.5 Å². The lowest BCUT2D eigenvalue weighted by Crippen LogP contribution is -2.49. The van der Waals surface area contributed by atoms with Gasteiger partial charge in [0.25, 0.3) is 0 Å². The van der Waals surface area contributed by atoms with E-state index in [0.717, 1.165) is 35.8 Å². The summed E-state index contributed by atoms with van der Waals surface area (Å²) < 4.78 is 0.809. The lowest BCUT2D eigenvalue weighted by Gasteiger charge is -2.40. The van der Waals surface area contributed by atoms with E-state index in [-0.39, 0.29) is 11.8 Å². The molecule has 27 heavy (non-hydrogen) atoms. The molecule has 2 N–H and O–H groups in total. The molecule has 0 radical (unpaired) electrons. The molecule has 0 spiro atoms. The van der Waals surface area contributed by atoms with Gasteiger partial charge in [0, 0.05) is 12.1 Å². The van der Waals surface area contributed by atoms with Crippen molar-refractivity contribution in [2.24, 2.45) is 5.92 Å². The fourth-order valence-electron chi connectivity index (χ4n) is 4.32. The number of carbonyl (C=O) groups is 2. The number of rotatable bonds is 7. The zero-order chi connectivity index (χ0) is 19.2.